The van der Waals surface area contributed by atoms with Crippen LogP contribution in [0.25, 0.3) is 0 Å². The lowest BCUT2D eigenvalue weighted by molar-refractivity contribution is 0.215. The molecule has 0 spiro atoms. The Kier molecular flexibility index (Phi) is 3.52. The number of rotatable bonds is 3. The molecule has 0 aliphatic carbocycles. The van der Waals surface area contributed by atoms with Crippen LogP contribution in [0.2, 0.25) is 5.28 Å². The molecule has 0 saturated carbocycles. The molecule has 1 heterocycles. The van der Waals surface area contributed by atoms with Crippen LogP contribution in [0.1, 0.15) is 19.5 Å². The van der Waals surface area contributed by atoms with Gasteiger partial charge >= 0.3 is 0 Å². The number of hydrogen-bond acceptors (Lipinski definition) is 4. The number of aliphatic hydroxyl groups excluding tert-OH is 1. The maximum atomic E-state index is 9.25. The highest BCUT2D eigenvalue weighted by molar-refractivity contribution is 6.28. The summed E-state index contributed by atoms with van der Waals surface area (Å²) in [5, 5.41) is 9.47. The molecule has 0 unspecified atom stereocenters. The van der Waals surface area contributed by atoms with E-state index in [1.807, 2.05) is 38.8 Å². The Morgan fingerprint density at radius 1 is 1.47 bits per heavy atom. The first-order valence-electron chi connectivity index (χ1n) is 4.72. The third kappa shape index (κ3) is 2.79. The Bertz CT molecular complexity index is 334. The van der Waals surface area contributed by atoms with Crippen molar-refractivity contribution in [3.63, 3.8) is 0 Å². The summed E-state index contributed by atoms with van der Waals surface area (Å²) in [6, 6.07) is 1.84. The topological polar surface area (TPSA) is 49.2 Å². The third-order valence-electron chi connectivity index (χ3n) is 2.45. The summed E-state index contributed by atoms with van der Waals surface area (Å²) < 4.78 is 0. The van der Waals surface area contributed by atoms with Crippen LogP contribution in [0.3, 0.4) is 0 Å². The molecule has 4 nitrogen and oxygen atoms in total. The van der Waals surface area contributed by atoms with Gasteiger partial charge in [0.15, 0.2) is 0 Å². The van der Waals surface area contributed by atoms with E-state index in [4.69, 9.17) is 11.6 Å². The normalized spacial score (nSPS) is 11.6. The van der Waals surface area contributed by atoms with Crippen molar-refractivity contribution in [2.75, 3.05) is 18.6 Å². The van der Waals surface area contributed by atoms with E-state index in [1.54, 1.807) is 0 Å². The average molecular weight is 230 g/mol. The van der Waals surface area contributed by atoms with Crippen LogP contribution in [0.5, 0.6) is 0 Å². The van der Waals surface area contributed by atoms with Crippen molar-refractivity contribution in [3.05, 3.63) is 17.0 Å². The molecule has 0 fully saturated rings. The van der Waals surface area contributed by atoms with Crippen LogP contribution >= 0.6 is 11.6 Å². The average Bonchev–Trinajstić information content (AvgIpc) is 2.15. The maximum absolute atomic E-state index is 9.25. The number of nitrogens with zero attached hydrogens (tertiary/aromatic N) is 3. The van der Waals surface area contributed by atoms with Gasteiger partial charge in [0.2, 0.25) is 5.28 Å². The summed E-state index contributed by atoms with van der Waals surface area (Å²) in [6.45, 7) is 5.76. The Morgan fingerprint density at radius 3 is 2.53 bits per heavy atom. The molecular weight excluding hydrogens is 214 g/mol. The number of hydrogen-bond donors (Lipinski definition) is 1. The Balaban J connectivity index is 3.06. The van der Waals surface area contributed by atoms with Crippen molar-refractivity contribution in [1.82, 2.24) is 9.97 Å². The summed E-state index contributed by atoms with van der Waals surface area (Å²) in [5.74, 6) is 0.714. The van der Waals surface area contributed by atoms with Crippen LogP contribution in [0, 0.1) is 6.92 Å². The predicted octanol–water partition coefficient (Wildman–Crippen LogP) is 1.65. The lowest BCUT2D eigenvalue weighted by atomic mass is 10.1. The van der Waals surface area contributed by atoms with E-state index in [9.17, 15) is 5.11 Å². The van der Waals surface area contributed by atoms with Gasteiger partial charge in [-0.2, -0.15) is 0 Å². The fraction of sp³-hybridized carbons (Fsp3) is 0.600. The van der Waals surface area contributed by atoms with E-state index in [2.05, 4.69) is 9.97 Å². The lowest BCUT2D eigenvalue weighted by Crippen LogP contribution is -2.44. The minimum Gasteiger partial charge on any atom is -0.394 e. The van der Waals surface area contributed by atoms with Crippen LogP contribution < -0.4 is 4.90 Å². The summed E-state index contributed by atoms with van der Waals surface area (Å²) in [5.41, 5.74) is 0.440. The van der Waals surface area contributed by atoms with Gasteiger partial charge in [-0.05, 0) is 32.4 Å². The monoisotopic (exact) mass is 229 g/mol. The largest absolute Gasteiger partial charge is 0.394 e. The summed E-state index contributed by atoms with van der Waals surface area (Å²) in [4.78, 5) is 9.99. The maximum Gasteiger partial charge on any atom is 0.224 e. The second-order valence-electron chi connectivity index (χ2n) is 4.17. The Morgan fingerprint density at radius 2 is 2.07 bits per heavy atom. The lowest BCUT2D eigenvalue weighted by Gasteiger charge is -2.34. The molecule has 15 heavy (non-hydrogen) atoms. The van der Waals surface area contributed by atoms with Crippen LogP contribution in [-0.4, -0.2) is 34.3 Å². The minimum atomic E-state index is -0.371. The van der Waals surface area contributed by atoms with Crippen molar-refractivity contribution in [2.45, 2.75) is 26.3 Å². The molecular formula is C10H16ClN3O. The molecule has 1 rings (SSSR count). The van der Waals surface area contributed by atoms with Gasteiger partial charge in [0.1, 0.15) is 5.82 Å². The molecule has 0 atom stereocenters. The molecule has 0 radical (unpaired) electrons. The van der Waals surface area contributed by atoms with Crippen molar-refractivity contribution < 1.29 is 5.11 Å². The summed E-state index contributed by atoms with van der Waals surface area (Å²) >= 11 is 5.78. The first-order chi connectivity index (χ1) is 6.86. The van der Waals surface area contributed by atoms with Crippen molar-refractivity contribution in [2.24, 2.45) is 0 Å². The summed E-state index contributed by atoms with van der Waals surface area (Å²) in [7, 11) is 1.87. The minimum absolute atomic E-state index is 0.0458. The number of aromatic nitrogens is 2. The highest BCUT2D eigenvalue weighted by Gasteiger charge is 2.24. The molecule has 0 aromatic carbocycles. The van der Waals surface area contributed by atoms with E-state index in [0.717, 1.165) is 5.69 Å². The van der Waals surface area contributed by atoms with Gasteiger partial charge in [0, 0.05) is 18.8 Å². The second kappa shape index (κ2) is 4.33. The molecule has 1 aromatic heterocycles. The number of anilines is 1. The van der Waals surface area contributed by atoms with Crippen molar-refractivity contribution in [3.8, 4) is 0 Å². The number of aryl methyl sites for hydroxylation is 1. The highest BCUT2D eigenvalue weighted by Crippen LogP contribution is 2.21. The van der Waals surface area contributed by atoms with Gasteiger partial charge in [-0.15, -0.1) is 0 Å². The van der Waals surface area contributed by atoms with Gasteiger partial charge in [0.25, 0.3) is 0 Å². The standard InChI is InChI=1S/C10H16ClN3O/c1-7-5-8(13-9(11)12-7)14(4)10(2,3)6-15/h5,15H,6H2,1-4H3. The number of aliphatic hydroxyl groups is 1. The fourth-order valence-corrected chi connectivity index (χ4v) is 1.32. The van der Waals surface area contributed by atoms with E-state index in [1.165, 1.54) is 0 Å². The second-order valence-corrected chi connectivity index (χ2v) is 4.50. The van der Waals surface area contributed by atoms with Crippen LogP contribution in [0.15, 0.2) is 6.07 Å². The first-order valence-corrected chi connectivity index (χ1v) is 5.10. The van der Waals surface area contributed by atoms with E-state index in [-0.39, 0.29) is 17.4 Å². The molecule has 0 aliphatic rings. The molecule has 84 valence electrons. The molecule has 1 N–H and O–H groups in total. The molecule has 1 aromatic rings. The van der Waals surface area contributed by atoms with Gasteiger partial charge in [0.05, 0.1) is 12.1 Å². The van der Waals surface area contributed by atoms with E-state index in [0.29, 0.717) is 5.82 Å². The van der Waals surface area contributed by atoms with Crippen molar-refractivity contribution in [1.29, 1.82) is 0 Å². The predicted molar refractivity (Wildman–Crippen MR) is 61.3 cm³/mol. The molecule has 0 amide bonds. The van der Waals surface area contributed by atoms with Crippen molar-refractivity contribution >= 4 is 17.4 Å². The highest BCUT2D eigenvalue weighted by atomic mass is 35.5. The summed E-state index contributed by atoms with van der Waals surface area (Å²) in [6.07, 6.45) is 0. The SMILES string of the molecule is Cc1cc(N(C)C(C)(C)CO)nc(Cl)n1. The third-order valence-corrected chi connectivity index (χ3v) is 2.62. The first kappa shape index (κ1) is 12.2. The quantitative estimate of drug-likeness (QED) is 0.801. The number of likely N-dealkylation sites (N-methyl/N-ethyl adjacent to an activating group) is 1. The molecule has 0 saturated heterocycles. The van der Waals surface area contributed by atoms with E-state index >= 15 is 0 Å². The van der Waals surface area contributed by atoms with E-state index < -0.39 is 0 Å². The van der Waals surface area contributed by atoms with Crippen LogP contribution in [-0.2, 0) is 0 Å². The van der Waals surface area contributed by atoms with Gasteiger partial charge < -0.3 is 10.0 Å². The zero-order valence-corrected chi connectivity index (χ0v) is 10.2. The fourth-order valence-electron chi connectivity index (χ4n) is 1.10. The van der Waals surface area contributed by atoms with Gasteiger partial charge in [-0.25, -0.2) is 9.97 Å². The van der Waals surface area contributed by atoms with Gasteiger partial charge in [-0.3, -0.25) is 0 Å². The zero-order chi connectivity index (χ0) is 11.6. The smallest absolute Gasteiger partial charge is 0.224 e. The molecule has 5 heteroatoms. The molecule has 0 aliphatic heterocycles. The Hall–Kier alpha value is -0.870. The van der Waals surface area contributed by atoms with Gasteiger partial charge in [-0.1, -0.05) is 0 Å². The van der Waals surface area contributed by atoms with Crippen LogP contribution in [0.4, 0.5) is 5.82 Å². The molecule has 0 bridgehead atoms. The Labute approximate surface area is 94.9 Å². The number of halogens is 1. The zero-order valence-electron chi connectivity index (χ0n) is 9.45.